The van der Waals surface area contributed by atoms with Crippen LogP contribution < -0.4 is 15.2 Å². The van der Waals surface area contributed by atoms with Gasteiger partial charge in [0, 0.05) is 50.1 Å². The second-order valence-corrected chi connectivity index (χ2v) is 8.01. The predicted molar refractivity (Wildman–Crippen MR) is 116 cm³/mol. The maximum Gasteiger partial charge on any atom is 0.251 e. The van der Waals surface area contributed by atoms with Gasteiger partial charge in [0.1, 0.15) is 5.75 Å². The lowest BCUT2D eigenvalue weighted by Gasteiger charge is -2.36. The van der Waals surface area contributed by atoms with E-state index < -0.39 is 0 Å². The van der Waals surface area contributed by atoms with E-state index in [0.29, 0.717) is 30.4 Å². The van der Waals surface area contributed by atoms with E-state index in [9.17, 15) is 9.59 Å². The second-order valence-electron chi connectivity index (χ2n) is 6.93. The quantitative estimate of drug-likeness (QED) is 0.526. The molecule has 1 aromatic carbocycles. The standard InChI is InChI=1S/C21H28N4O3S/c1-3-6-16-15-19(26)23-21(22-16)29-14-9-20(27)25-12-10-24(11-13-25)17-7-4-5-8-18(17)28-2/h4-5,7-8,15H,3,6,9-14H2,1-2H3,(H,22,23,26). The van der Waals surface area contributed by atoms with E-state index in [1.54, 1.807) is 13.2 Å². The number of anilines is 1. The lowest BCUT2D eigenvalue weighted by molar-refractivity contribution is -0.131. The Kier molecular flexibility index (Phi) is 7.57. The molecule has 1 N–H and O–H groups in total. The number of aromatic nitrogens is 2. The van der Waals surface area contributed by atoms with Crippen molar-refractivity contribution in [1.82, 2.24) is 14.9 Å². The second kappa shape index (κ2) is 10.3. The van der Waals surface area contributed by atoms with Crippen LogP contribution in [0.4, 0.5) is 5.69 Å². The molecular weight excluding hydrogens is 388 g/mol. The SMILES string of the molecule is CCCc1cc(=O)[nH]c(SCCC(=O)N2CCN(c3ccccc3OC)CC2)n1. The van der Waals surface area contributed by atoms with E-state index in [0.717, 1.165) is 43.1 Å². The van der Waals surface area contributed by atoms with Crippen LogP contribution in [0.1, 0.15) is 25.5 Å². The fourth-order valence-electron chi connectivity index (χ4n) is 3.42. The molecule has 1 amide bonds. The molecule has 7 nitrogen and oxygen atoms in total. The van der Waals surface area contributed by atoms with Gasteiger partial charge in [0.2, 0.25) is 5.91 Å². The number of ether oxygens (including phenoxy) is 1. The van der Waals surface area contributed by atoms with Gasteiger partial charge in [-0.1, -0.05) is 37.2 Å². The van der Waals surface area contributed by atoms with Crippen molar-refractivity contribution in [2.75, 3.05) is 43.9 Å². The summed E-state index contributed by atoms with van der Waals surface area (Å²) < 4.78 is 5.44. The van der Waals surface area contributed by atoms with E-state index >= 15 is 0 Å². The van der Waals surface area contributed by atoms with Gasteiger partial charge in [-0.15, -0.1) is 0 Å². The van der Waals surface area contributed by atoms with Crippen molar-refractivity contribution in [1.29, 1.82) is 0 Å². The molecule has 29 heavy (non-hydrogen) atoms. The Morgan fingerprint density at radius 2 is 2.00 bits per heavy atom. The maximum atomic E-state index is 12.6. The highest BCUT2D eigenvalue weighted by Gasteiger charge is 2.22. The number of aromatic amines is 1. The topological polar surface area (TPSA) is 78.5 Å². The number of nitrogens with zero attached hydrogens (tertiary/aromatic N) is 3. The number of carbonyl (C=O) groups excluding carboxylic acids is 1. The molecule has 1 fully saturated rings. The van der Waals surface area contributed by atoms with Crippen LogP contribution in [0, 0.1) is 0 Å². The summed E-state index contributed by atoms with van der Waals surface area (Å²) in [4.78, 5) is 35.7. The van der Waals surface area contributed by atoms with Crippen LogP contribution in [0.3, 0.4) is 0 Å². The van der Waals surface area contributed by atoms with Gasteiger partial charge in [-0.2, -0.15) is 0 Å². The third kappa shape index (κ3) is 5.76. The first-order valence-corrected chi connectivity index (χ1v) is 11.0. The Morgan fingerprint density at radius 1 is 1.24 bits per heavy atom. The summed E-state index contributed by atoms with van der Waals surface area (Å²) in [5.41, 5.74) is 1.74. The minimum absolute atomic E-state index is 0.135. The zero-order chi connectivity index (χ0) is 20.6. The molecule has 0 aliphatic carbocycles. The number of methoxy groups -OCH3 is 1. The molecule has 0 atom stereocenters. The third-order valence-corrected chi connectivity index (χ3v) is 5.77. The van der Waals surface area contributed by atoms with Crippen molar-refractivity contribution in [3.05, 3.63) is 46.4 Å². The van der Waals surface area contributed by atoms with Gasteiger partial charge < -0.3 is 19.5 Å². The number of hydrogen-bond acceptors (Lipinski definition) is 6. The lowest BCUT2D eigenvalue weighted by atomic mass is 10.2. The third-order valence-electron chi connectivity index (χ3n) is 4.89. The lowest BCUT2D eigenvalue weighted by Crippen LogP contribution is -2.49. The van der Waals surface area contributed by atoms with E-state index in [2.05, 4.69) is 21.8 Å². The molecule has 0 radical (unpaired) electrons. The smallest absolute Gasteiger partial charge is 0.251 e. The Morgan fingerprint density at radius 3 is 2.72 bits per heavy atom. The molecule has 1 aromatic heterocycles. The summed E-state index contributed by atoms with van der Waals surface area (Å²) in [7, 11) is 1.68. The zero-order valence-corrected chi connectivity index (χ0v) is 17.8. The zero-order valence-electron chi connectivity index (χ0n) is 17.0. The monoisotopic (exact) mass is 416 g/mol. The van der Waals surface area contributed by atoms with Crippen molar-refractivity contribution in [2.24, 2.45) is 0 Å². The van der Waals surface area contributed by atoms with E-state index in [4.69, 9.17) is 4.74 Å². The number of aryl methyl sites for hydroxylation is 1. The molecule has 1 aliphatic rings. The van der Waals surface area contributed by atoms with Gasteiger partial charge in [-0.3, -0.25) is 9.59 Å². The number of rotatable bonds is 8. The van der Waals surface area contributed by atoms with Crippen molar-refractivity contribution >= 4 is 23.4 Å². The van der Waals surface area contributed by atoms with E-state index in [1.807, 2.05) is 29.2 Å². The molecule has 0 unspecified atom stereocenters. The fourth-order valence-corrected chi connectivity index (χ4v) is 4.24. The Balaban J connectivity index is 1.47. The van der Waals surface area contributed by atoms with E-state index in [1.165, 1.54) is 11.8 Å². The fraction of sp³-hybridized carbons (Fsp3) is 0.476. The Hall–Kier alpha value is -2.48. The maximum absolute atomic E-state index is 12.6. The Labute approximate surface area is 175 Å². The molecule has 2 aromatic rings. The molecule has 1 saturated heterocycles. The van der Waals surface area contributed by atoms with Gasteiger partial charge in [0.25, 0.3) is 5.56 Å². The highest BCUT2D eigenvalue weighted by atomic mass is 32.2. The number of benzene rings is 1. The van der Waals surface area contributed by atoms with E-state index in [-0.39, 0.29) is 11.5 Å². The number of H-pyrrole nitrogens is 1. The number of nitrogens with one attached hydrogen (secondary N) is 1. The van der Waals surface area contributed by atoms with Gasteiger partial charge >= 0.3 is 0 Å². The first-order chi connectivity index (χ1) is 14.1. The molecule has 2 heterocycles. The molecule has 0 saturated carbocycles. The van der Waals surface area contributed by atoms with Crippen molar-refractivity contribution < 1.29 is 9.53 Å². The van der Waals surface area contributed by atoms with Crippen LogP contribution in [-0.4, -0.2) is 59.8 Å². The van der Waals surface area contributed by atoms with Crippen molar-refractivity contribution in [3.63, 3.8) is 0 Å². The largest absolute Gasteiger partial charge is 0.495 e. The van der Waals surface area contributed by atoms with Crippen LogP contribution in [0.15, 0.2) is 40.3 Å². The normalized spacial score (nSPS) is 14.1. The Bertz CT molecular complexity index is 878. The number of amides is 1. The molecule has 1 aliphatic heterocycles. The molecule has 3 rings (SSSR count). The molecular formula is C21H28N4O3S. The van der Waals surface area contributed by atoms with Gasteiger partial charge in [0.05, 0.1) is 12.8 Å². The van der Waals surface area contributed by atoms with Crippen LogP contribution in [0.25, 0.3) is 0 Å². The van der Waals surface area contributed by atoms with Crippen molar-refractivity contribution in [3.8, 4) is 5.75 Å². The summed E-state index contributed by atoms with van der Waals surface area (Å²) in [6.07, 6.45) is 2.16. The highest BCUT2D eigenvalue weighted by molar-refractivity contribution is 7.99. The van der Waals surface area contributed by atoms with Crippen molar-refractivity contribution in [2.45, 2.75) is 31.3 Å². The minimum Gasteiger partial charge on any atom is -0.495 e. The van der Waals surface area contributed by atoms with Crippen LogP contribution in [-0.2, 0) is 11.2 Å². The summed E-state index contributed by atoms with van der Waals surface area (Å²) in [6.45, 7) is 5.02. The first-order valence-electron chi connectivity index (χ1n) is 9.99. The van der Waals surface area contributed by atoms with Crippen LogP contribution >= 0.6 is 11.8 Å². The van der Waals surface area contributed by atoms with Gasteiger partial charge in [0.15, 0.2) is 5.16 Å². The number of para-hydroxylation sites is 2. The predicted octanol–water partition coefficient (Wildman–Crippen LogP) is 2.56. The average molecular weight is 417 g/mol. The first kappa shape index (κ1) is 21.2. The molecule has 8 heteroatoms. The summed E-state index contributed by atoms with van der Waals surface area (Å²) in [5.74, 6) is 1.60. The van der Waals surface area contributed by atoms with Crippen LogP contribution in [0.5, 0.6) is 5.75 Å². The number of thioether (sulfide) groups is 1. The number of piperazine rings is 1. The van der Waals surface area contributed by atoms with Crippen LogP contribution in [0.2, 0.25) is 0 Å². The molecule has 0 spiro atoms. The molecule has 156 valence electrons. The summed E-state index contributed by atoms with van der Waals surface area (Å²) >= 11 is 1.43. The van der Waals surface area contributed by atoms with Gasteiger partial charge in [-0.25, -0.2) is 4.98 Å². The summed E-state index contributed by atoms with van der Waals surface area (Å²) in [6, 6.07) is 9.51. The minimum atomic E-state index is -0.135. The molecule has 0 bridgehead atoms. The number of hydrogen-bond donors (Lipinski definition) is 1. The number of carbonyl (C=O) groups is 1. The average Bonchev–Trinajstić information content (AvgIpc) is 2.73. The highest BCUT2D eigenvalue weighted by Crippen LogP contribution is 2.28. The van der Waals surface area contributed by atoms with Gasteiger partial charge in [-0.05, 0) is 18.6 Å². The summed E-state index contributed by atoms with van der Waals surface area (Å²) in [5, 5.41) is 0.592.